The zero-order chi connectivity index (χ0) is 18.8. The van der Waals surface area contributed by atoms with Gasteiger partial charge in [-0.3, -0.25) is 19.3 Å². The average molecular weight is 363 g/mol. The third-order valence-corrected chi connectivity index (χ3v) is 4.20. The predicted octanol–water partition coefficient (Wildman–Crippen LogP) is 0.868. The fraction of sp³-hybridized carbons (Fsp3) is 0.111. The van der Waals surface area contributed by atoms with Gasteiger partial charge in [0.15, 0.2) is 11.2 Å². The molecule has 0 amide bonds. The lowest BCUT2D eigenvalue weighted by atomic mass is 10.1. The van der Waals surface area contributed by atoms with E-state index in [2.05, 4.69) is 25.3 Å². The molecular weight excluding hydrogens is 346 g/mol. The summed E-state index contributed by atoms with van der Waals surface area (Å²) < 4.78 is 1.61. The van der Waals surface area contributed by atoms with Crippen LogP contribution >= 0.6 is 0 Å². The van der Waals surface area contributed by atoms with Crippen molar-refractivity contribution < 1.29 is 0 Å². The van der Waals surface area contributed by atoms with Crippen molar-refractivity contribution in [1.29, 1.82) is 0 Å². The maximum absolute atomic E-state index is 11.8. The fourth-order valence-electron chi connectivity index (χ4n) is 2.75. The van der Waals surface area contributed by atoms with Crippen molar-refractivity contribution >= 4 is 17.0 Å². The molecule has 0 spiro atoms. The van der Waals surface area contributed by atoms with Crippen LogP contribution in [0, 0.1) is 0 Å². The average Bonchev–Trinajstić information content (AvgIpc) is 3.11. The van der Waals surface area contributed by atoms with Gasteiger partial charge in [0, 0.05) is 13.1 Å². The SMILES string of the molecule is NCc1ccc(CNc2ccc(-n3cnc4c(=O)[nH]c(=O)[nH]c43)cn2)cc1. The number of fused-ring (bicyclic) bond motifs is 1. The lowest BCUT2D eigenvalue weighted by Gasteiger charge is -2.08. The monoisotopic (exact) mass is 363 g/mol. The Labute approximate surface area is 152 Å². The lowest BCUT2D eigenvalue weighted by molar-refractivity contribution is 1.01. The van der Waals surface area contributed by atoms with Gasteiger partial charge >= 0.3 is 5.69 Å². The van der Waals surface area contributed by atoms with Gasteiger partial charge in [0.2, 0.25) is 0 Å². The predicted molar refractivity (Wildman–Crippen MR) is 102 cm³/mol. The number of H-pyrrole nitrogens is 2. The van der Waals surface area contributed by atoms with E-state index >= 15 is 0 Å². The summed E-state index contributed by atoms with van der Waals surface area (Å²) in [5.74, 6) is 0.706. The number of hydrogen-bond donors (Lipinski definition) is 4. The van der Waals surface area contributed by atoms with Crippen LogP contribution in [0.2, 0.25) is 0 Å². The molecule has 0 saturated heterocycles. The quantitative estimate of drug-likeness (QED) is 0.416. The molecular formula is C18H17N7O2. The summed E-state index contributed by atoms with van der Waals surface area (Å²) in [6.45, 7) is 1.16. The van der Waals surface area contributed by atoms with Gasteiger partial charge in [0.1, 0.15) is 12.1 Å². The van der Waals surface area contributed by atoms with Gasteiger partial charge in [-0.15, -0.1) is 0 Å². The number of benzene rings is 1. The first kappa shape index (κ1) is 16.7. The smallest absolute Gasteiger partial charge is 0.327 e. The summed E-state index contributed by atoms with van der Waals surface area (Å²) in [5.41, 5.74) is 7.87. The van der Waals surface area contributed by atoms with Crippen LogP contribution in [0.4, 0.5) is 5.82 Å². The summed E-state index contributed by atoms with van der Waals surface area (Å²) in [7, 11) is 0. The van der Waals surface area contributed by atoms with E-state index in [1.165, 1.54) is 6.33 Å². The Balaban J connectivity index is 1.54. The first-order valence-electron chi connectivity index (χ1n) is 8.32. The van der Waals surface area contributed by atoms with Gasteiger partial charge in [-0.1, -0.05) is 24.3 Å². The van der Waals surface area contributed by atoms with Gasteiger partial charge < -0.3 is 11.1 Å². The topological polar surface area (TPSA) is 134 Å². The molecule has 136 valence electrons. The summed E-state index contributed by atoms with van der Waals surface area (Å²) >= 11 is 0. The Bertz CT molecular complexity index is 1190. The van der Waals surface area contributed by atoms with E-state index in [1.807, 2.05) is 36.4 Å². The van der Waals surface area contributed by atoms with E-state index in [9.17, 15) is 9.59 Å². The summed E-state index contributed by atoms with van der Waals surface area (Å²) in [4.78, 5) is 36.4. The number of nitrogens with one attached hydrogen (secondary N) is 3. The second-order valence-electron chi connectivity index (χ2n) is 6.00. The summed E-state index contributed by atoms with van der Waals surface area (Å²) in [6.07, 6.45) is 3.11. The molecule has 0 saturated carbocycles. The van der Waals surface area contributed by atoms with Crippen LogP contribution in [0.1, 0.15) is 11.1 Å². The number of hydrogen-bond acceptors (Lipinski definition) is 6. The molecule has 27 heavy (non-hydrogen) atoms. The van der Waals surface area contributed by atoms with Crippen molar-refractivity contribution in [3.63, 3.8) is 0 Å². The minimum Gasteiger partial charge on any atom is -0.366 e. The maximum atomic E-state index is 11.8. The molecule has 0 aliphatic carbocycles. The second-order valence-corrected chi connectivity index (χ2v) is 6.00. The number of aromatic amines is 2. The van der Waals surface area contributed by atoms with Crippen molar-refractivity contribution in [2.75, 3.05) is 5.32 Å². The number of rotatable bonds is 5. The number of imidazole rings is 1. The van der Waals surface area contributed by atoms with E-state index in [-0.39, 0.29) is 5.52 Å². The Kier molecular flexibility index (Phi) is 4.27. The van der Waals surface area contributed by atoms with Crippen molar-refractivity contribution in [2.24, 2.45) is 5.73 Å². The lowest BCUT2D eigenvalue weighted by Crippen LogP contribution is -2.22. The number of anilines is 1. The molecule has 0 atom stereocenters. The molecule has 4 rings (SSSR count). The van der Waals surface area contributed by atoms with Gasteiger partial charge in [0.05, 0.1) is 11.9 Å². The first-order chi connectivity index (χ1) is 13.1. The standard InChI is InChI=1S/C18H17N7O2/c19-7-11-1-3-12(4-2-11)8-20-14-6-5-13(9-21-14)25-10-22-15-16(25)23-18(27)24-17(15)26/h1-6,9-10H,7-8,19H2,(H,20,21)(H2,23,24,26,27). The van der Waals surface area contributed by atoms with Crippen LogP contribution in [0.5, 0.6) is 0 Å². The van der Waals surface area contributed by atoms with Crippen molar-refractivity contribution in [3.05, 3.63) is 80.9 Å². The molecule has 9 nitrogen and oxygen atoms in total. The highest BCUT2D eigenvalue weighted by atomic mass is 16.2. The largest absolute Gasteiger partial charge is 0.366 e. The maximum Gasteiger partial charge on any atom is 0.327 e. The Hall–Kier alpha value is -3.72. The second kappa shape index (κ2) is 6.89. The van der Waals surface area contributed by atoms with Crippen LogP contribution in [0.25, 0.3) is 16.9 Å². The molecule has 3 aromatic heterocycles. The Morgan fingerprint density at radius 3 is 2.48 bits per heavy atom. The van der Waals surface area contributed by atoms with Crippen molar-refractivity contribution in [2.45, 2.75) is 13.1 Å². The molecule has 0 fully saturated rings. The molecule has 5 N–H and O–H groups in total. The van der Waals surface area contributed by atoms with Gasteiger partial charge in [-0.25, -0.2) is 14.8 Å². The molecule has 0 aliphatic heterocycles. The molecule has 0 bridgehead atoms. The molecule has 3 heterocycles. The summed E-state index contributed by atoms with van der Waals surface area (Å²) in [5, 5.41) is 3.25. The number of pyridine rings is 1. The fourth-order valence-corrected chi connectivity index (χ4v) is 2.75. The van der Waals surface area contributed by atoms with Crippen LogP contribution in [0.15, 0.2) is 58.5 Å². The number of aromatic nitrogens is 5. The van der Waals surface area contributed by atoms with Gasteiger partial charge in [-0.2, -0.15) is 0 Å². The summed E-state index contributed by atoms with van der Waals surface area (Å²) in [6, 6.07) is 11.7. The highest BCUT2D eigenvalue weighted by molar-refractivity contribution is 5.71. The van der Waals surface area contributed by atoms with E-state index in [4.69, 9.17) is 5.73 Å². The van der Waals surface area contributed by atoms with Crippen molar-refractivity contribution in [3.8, 4) is 5.69 Å². The highest BCUT2D eigenvalue weighted by Crippen LogP contribution is 2.14. The molecule has 0 unspecified atom stereocenters. The minimum atomic E-state index is -0.582. The highest BCUT2D eigenvalue weighted by Gasteiger charge is 2.09. The third-order valence-electron chi connectivity index (χ3n) is 4.20. The zero-order valence-corrected chi connectivity index (χ0v) is 14.3. The molecule has 1 aromatic carbocycles. The van der Waals surface area contributed by atoms with Crippen LogP contribution in [-0.2, 0) is 13.1 Å². The van der Waals surface area contributed by atoms with E-state index in [1.54, 1.807) is 10.8 Å². The van der Waals surface area contributed by atoms with Gasteiger partial charge in [-0.05, 0) is 23.3 Å². The Morgan fingerprint density at radius 1 is 1.00 bits per heavy atom. The van der Waals surface area contributed by atoms with Crippen molar-refractivity contribution in [1.82, 2.24) is 24.5 Å². The van der Waals surface area contributed by atoms with Crippen LogP contribution < -0.4 is 22.3 Å². The van der Waals surface area contributed by atoms with E-state index in [0.717, 1.165) is 11.1 Å². The number of nitrogens with zero attached hydrogens (tertiary/aromatic N) is 3. The van der Waals surface area contributed by atoms with E-state index < -0.39 is 11.2 Å². The zero-order valence-electron chi connectivity index (χ0n) is 14.3. The molecule has 4 aromatic rings. The minimum absolute atomic E-state index is 0.165. The first-order valence-corrected chi connectivity index (χ1v) is 8.32. The molecule has 0 aliphatic rings. The van der Waals surface area contributed by atoms with E-state index in [0.29, 0.717) is 30.2 Å². The Morgan fingerprint density at radius 2 is 1.78 bits per heavy atom. The third kappa shape index (κ3) is 3.35. The van der Waals surface area contributed by atoms with Crippen LogP contribution in [-0.4, -0.2) is 24.5 Å². The van der Waals surface area contributed by atoms with Gasteiger partial charge in [0.25, 0.3) is 5.56 Å². The number of nitrogens with two attached hydrogens (primary N) is 1. The normalized spacial score (nSPS) is 11.0. The molecule has 9 heteroatoms. The molecule has 0 radical (unpaired) electrons. The van der Waals surface area contributed by atoms with Crippen LogP contribution in [0.3, 0.4) is 0 Å².